The van der Waals surface area contributed by atoms with Crippen molar-refractivity contribution in [3.05, 3.63) is 54.5 Å². The minimum atomic E-state index is 0.0425. The zero-order valence-corrected chi connectivity index (χ0v) is 17.0. The van der Waals surface area contributed by atoms with Gasteiger partial charge in [0.05, 0.1) is 11.0 Å². The van der Waals surface area contributed by atoms with Gasteiger partial charge in [0.1, 0.15) is 5.82 Å². The van der Waals surface area contributed by atoms with Crippen molar-refractivity contribution in [3.63, 3.8) is 0 Å². The van der Waals surface area contributed by atoms with Gasteiger partial charge in [-0.3, -0.25) is 9.20 Å². The molecule has 0 radical (unpaired) electrons. The summed E-state index contributed by atoms with van der Waals surface area (Å²) in [7, 11) is 2.02. The van der Waals surface area contributed by atoms with Crippen molar-refractivity contribution in [2.75, 3.05) is 24.5 Å². The first-order valence-corrected chi connectivity index (χ1v) is 10.4. The first-order valence-electron chi connectivity index (χ1n) is 10.4. The van der Waals surface area contributed by atoms with Gasteiger partial charge in [-0.1, -0.05) is 18.2 Å². The van der Waals surface area contributed by atoms with Crippen molar-refractivity contribution in [2.24, 2.45) is 13.0 Å². The predicted molar refractivity (Wildman–Crippen MR) is 115 cm³/mol. The molecule has 154 valence electrons. The van der Waals surface area contributed by atoms with E-state index in [9.17, 15) is 4.79 Å². The van der Waals surface area contributed by atoms with Gasteiger partial charge in [-0.05, 0) is 37.1 Å². The number of aromatic nitrogens is 5. The van der Waals surface area contributed by atoms with E-state index in [1.54, 1.807) is 0 Å². The number of piperidine rings is 1. The summed E-state index contributed by atoms with van der Waals surface area (Å²) in [5.41, 5.74) is 2.95. The van der Waals surface area contributed by atoms with Gasteiger partial charge < -0.3 is 14.8 Å². The van der Waals surface area contributed by atoms with Crippen molar-refractivity contribution in [1.29, 1.82) is 0 Å². The van der Waals surface area contributed by atoms with E-state index in [-0.39, 0.29) is 11.8 Å². The SMILES string of the molecule is Cn1c(CCNC(=O)C2CCN(c3nnc4ccccn34)CC2)nc2ccccc21. The van der Waals surface area contributed by atoms with Crippen molar-refractivity contribution in [1.82, 2.24) is 29.5 Å². The molecule has 8 nitrogen and oxygen atoms in total. The van der Waals surface area contributed by atoms with E-state index < -0.39 is 0 Å². The minimum Gasteiger partial charge on any atom is -0.355 e. The second kappa shape index (κ2) is 7.78. The van der Waals surface area contributed by atoms with E-state index in [4.69, 9.17) is 0 Å². The van der Waals surface area contributed by atoms with Gasteiger partial charge in [-0.25, -0.2) is 4.98 Å². The number of amides is 1. The smallest absolute Gasteiger partial charge is 0.231 e. The Morgan fingerprint density at radius 2 is 1.90 bits per heavy atom. The van der Waals surface area contributed by atoms with Crippen LogP contribution < -0.4 is 10.2 Å². The molecule has 4 heterocycles. The number of hydrogen-bond donors (Lipinski definition) is 1. The number of carbonyl (C=O) groups excluding carboxylic acids is 1. The molecule has 4 aromatic rings. The maximum absolute atomic E-state index is 12.7. The molecule has 0 atom stereocenters. The molecule has 1 amide bonds. The number of para-hydroxylation sites is 2. The molecule has 1 N–H and O–H groups in total. The number of benzene rings is 1. The summed E-state index contributed by atoms with van der Waals surface area (Å²) in [6, 6.07) is 14.0. The highest BCUT2D eigenvalue weighted by atomic mass is 16.1. The van der Waals surface area contributed by atoms with Crippen LogP contribution in [0.3, 0.4) is 0 Å². The Hall–Kier alpha value is -3.42. The third-order valence-corrected chi connectivity index (χ3v) is 5.97. The van der Waals surface area contributed by atoms with E-state index >= 15 is 0 Å². The molecule has 30 heavy (non-hydrogen) atoms. The fourth-order valence-electron chi connectivity index (χ4n) is 4.25. The third kappa shape index (κ3) is 3.38. The molecule has 1 aliphatic rings. The predicted octanol–water partition coefficient (Wildman–Crippen LogP) is 2.19. The maximum Gasteiger partial charge on any atom is 0.231 e. The Labute approximate surface area is 174 Å². The van der Waals surface area contributed by atoms with Crippen LogP contribution in [0.15, 0.2) is 48.7 Å². The number of aryl methyl sites for hydroxylation is 1. The topological polar surface area (TPSA) is 80.4 Å². The van der Waals surface area contributed by atoms with Gasteiger partial charge in [0.2, 0.25) is 11.9 Å². The van der Waals surface area contributed by atoms with Crippen molar-refractivity contribution >= 4 is 28.5 Å². The zero-order chi connectivity index (χ0) is 20.5. The number of anilines is 1. The summed E-state index contributed by atoms with van der Waals surface area (Å²) in [6.07, 6.45) is 4.34. The number of carbonyl (C=O) groups is 1. The van der Waals surface area contributed by atoms with Gasteiger partial charge in [0.25, 0.3) is 0 Å². The lowest BCUT2D eigenvalue weighted by atomic mass is 9.96. The summed E-state index contributed by atoms with van der Waals surface area (Å²) in [5.74, 6) is 2.02. The Morgan fingerprint density at radius 3 is 2.73 bits per heavy atom. The molecule has 8 heteroatoms. The average molecular weight is 403 g/mol. The van der Waals surface area contributed by atoms with Gasteiger partial charge >= 0.3 is 0 Å². The lowest BCUT2D eigenvalue weighted by Gasteiger charge is -2.31. The summed E-state index contributed by atoms with van der Waals surface area (Å²) < 4.78 is 4.10. The second-order valence-corrected chi connectivity index (χ2v) is 7.81. The van der Waals surface area contributed by atoms with E-state index in [0.717, 1.165) is 60.8 Å². The van der Waals surface area contributed by atoms with Crippen LogP contribution in [0.4, 0.5) is 5.95 Å². The van der Waals surface area contributed by atoms with E-state index in [1.165, 1.54) is 0 Å². The highest BCUT2D eigenvalue weighted by molar-refractivity contribution is 5.79. The van der Waals surface area contributed by atoms with E-state index in [1.807, 2.05) is 54.0 Å². The number of hydrogen-bond acceptors (Lipinski definition) is 5. The molecule has 5 rings (SSSR count). The van der Waals surface area contributed by atoms with Gasteiger partial charge in [0, 0.05) is 45.2 Å². The van der Waals surface area contributed by atoms with Crippen LogP contribution >= 0.6 is 0 Å². The quantitative estimate of drug-likeness (QED) is 0.553. The fraction of sp³-hybridized carbons (Fsp3) is 0.364. The summed E-state index contributed by atoms with van der Waals surface area (Å²) >= 11 is 0. The van der Waals surface area contributed by atoms with Crippen LogP contribution in [-0.4, -0.2) is 49.7 Å². The number of rotatable bonds is 5. The van der Waals surface area contributed by atoms with Crippen LogP contribution in [0.5, 0.6) is 0 Å². The number of fused-ring (bicyclic) bond motifs is 2. The molecular formula is C22H25N7O. The lowest BCUT2D eigenvalue weighted by Crippen LogP contribution is -2.41. The Morgan fingerprint density at radius 1 is 1.10 bits per heavy atom. The normalized spacial score (nSPS) is 15.2. The lowest BCUT2D eigenvalue weighted by molar-refractivity contribution is -0.125. The van der Waals surface area contributed by atoms with Crippen LogP contribution in [0.2, 0.25) is 0 Å². The van der Waals surface area contributed by atoms with Crippen LogP contribution in [0, 0.1) is 5.92 Å². The molecule has 1 fully saturated rings. The van der Waals surface area contributed by atoms with Crippen molar-refractivity contribution < 1.29 is 4.79 Å². The molecule has 1 saturated heterocycles. The number of imidazole rings is 1. The Bertz CT molecular complexity index is 1190. The first kappa shape index (κ1) is 18.6. The Balaban J connectivity index is 1.15. The molecule has 0 spiro atoms. The van der Waals surface area contributed by atoms with Gasteiger partial charge in [0.15, 0.2) is 5.65 Å². The highest BCUT2D eigenvalue weighted by Gasteiger charge is 2.27. The molecule has 0 bridgehead atoms. The highest BCUT2D eigenvalue weighted by Crippen LogP contribution is 2.22. The van der Waals surface area contributed by atoms with Gasteiger partial charge in [-0.2, -0.15) is 0 Å². The van der Waals surface area contributed by atoms with Crippen LogP contribution in [0.25, 0.3) is 16.7 Å². The van der Waals surface area contributed by atoms with Gasteiger partial charge in [-0.15, -0.1) is 10.2 Å². The molecule has 0 aliphatic carbocycles. The molecule has 1 aliphatic heterocycles. The maximum atomic E-state index is 12.7. The molecule has 1 aromatic carbocycles. The number of nitrogens with one attached hydrogen (secondary N) is 1. The molecule has 0 unspecified atom stereocenters. The Kier molecular flexibility index (Phi) is 4.82. The standard InChI is InChI=1S/C22H25N7O/c1-27-18-7-3-2-6-17(18)24-19(27)9-12-23-21(30)16-10-14-28(15-11-16)22-26-25-20-8-4-5-13-29(20)22/h2-8,13,16H,9-12,14-15H2,1H3,(H,23,30). The van der Waals surface area contributed by atoms with Crippen molar-refractivity contribution in [3.8, 4) is 0 Å². The summed E-state index contributed by atoms with van der Waals surface area (Å²) in [4.78, 5) is 19.5. The molecule has 0 saturated carbocycles. The monoisotopic (exact) mass is 403 g/mol. The van der Waals surface area contributed by atoms with E-state index in [2.05, 4.69) is 36.0 Å². The fourth-order valence-corrected chi connectivity index (χ4v) is 4.25. The third-order valence-electron chi connectivity index (χ3n) is 5.97. The second-order valence-electron chi connectivity index (χ2n) is 7.81. The summed E-state index contributed by atoms with van der Waals surface area (Å²) in [6.45, 7) is 2.21. The number of nitrogens with zero attached hydrogens (tertiary/aromatic N) is 6. The van der Waals surface area contributed by atoms with E-state index in [0.29, 0.717) is 6.54 Å². The first-order chi connectivity index (χ1) is 14.7. The summed E-state index contributed by atoms with van der Waals surface area (Å²) in [5, 5.41) is 11.7. The largest absolute Gasteiger partial charge is 0.355 e. The minimum absolute atomic E-state index is 0.0425. The number of pyridine rings is 1. The average Bonchev–Trinajstić information content (AvgIpc) is 3.35. The molecular weight excluding hydrogens is 378 g/mol. The van der Waals surface area contributed by atoms with Crippen LogP contribution in [-0.2, 0) is 18.3 Å². The molecule has 3 aromatic heterocycles. The van der Waals surface area contributed by atoms with Crippen LogP contribution in [0.1, 0.15) is 18.7 Å². The zero-order valence-electron chi connectivity index (χ0n) is 17.0. The van der Waals surface area contributed by atoms with Crippen molar-refractivity contribution in [2.45, 2.75) is 19.3 Å².